The largest absolute Gasteiger partial charge is 0.390 e. The van der Waals surface area contributed by atoms with Gasteiger partial charge in [0.1, 0.15) is 5.65 Å². The number of anilines is 1. The number of aliphatic hydroxyl groups is 1. The molecular weight excluding hydrogens is 468 g/mol. The maximum atomic E-state index is 13.8. The molecule has 5 rings (SSSR count). The number of hydrogen-bond acceptors (Lipinski definition) is 8. The molecule has 1 aliphatic rings. The first-order chi connectivity index (χ1) is 17.1. The van der Waals surface area contributed by atoms with E-state index in [0.717, 1.165) is 17.5 Å². The van der Waals surface area contributed by atoms with Crippen molar-refractivity contribution < 1.29 is 9.84 Å². The molecule has 1 aliphatic heterocycles. The number of pyridine rings is 2. The Bertz CT molecular complexity index is 1430. The van der Waals surface area contributed by atoms with Crippen LogP contribution in [0.15, 0.2) is 53.5 Å². The molecule has 180 valence electrons. The second-order valence-electron chi connectivity index (χ2n) is 8.26. The third-order valence-electron chi connectivity index (χ3n) is 5.96. The number of hydrogen-bond donors (Lipinski definition) is 3. The van der Waals surface area contributed by atoms with Crippen molar-refractivity contribution in [3.05, 3.63) is 69.7 Å². The van der Waals surface area contributed by atoms with Gasteiger partial charge in [0.2, 0.25) is 5.95 Å². The van der Waals surface area contributed by atoms with Crippen LogP contribution in [0.2, 0.25) is 5.02 Å². The molecule has 3 N–H and O–H groups in total. The topological polar surface area (TPSA) is 114 Å². The number of ether oxygens (including phenoxy) is 1. The van der Waals surface area contributed by atoms with Crippen molar-refractivity contribution in [3.8, 4) is 22.4 Å². The third-order valence-corrected chi connectivity index (χ3v) is 6.28. The van der Waals surface area contributed by atoms with E-state index in [1.807, 2.05) is 24.3 Å². The number of nitrogens with one attached hydrogen (secondary N) is 2. The molecule has 35 heavy (non-hydrogen) atoms. The van der Waals surface area contributed by atoms with Crippen molar-refractivity contribution in [1.29, 1.82) is 0 Å². The second kappa shape index (κ2) is 10.1. The summed E-state index contributed by atoms with van der Waals surface area (Å²) in [6, 6.07) is 12.7. The van der Waals surface area contributed by atoms with Crippen molar-refractivity contribution in [2.45, 2.75) is 19.3 Å². The Hall–Kier alpha value is -3.37. The maximum Gasteiger partial charge on any atom is 0.260 e. The fourth-order valence-corrected chi connectivity index (χ4v) is 4.49. The summed E-state index contributed by atoms with van der Waals surface area (Å²) in [6.07, 6.45) is 1.54. The molecule has 4 heterocycles. The molecule has 0 bridgehead atoms. The number of morpholine rings is 1. The van der Waals surface area contributed by atoms with E-state index >= 15 is 0 Å². The highest BCUT2D eigenvalue weighted by Crippen LogP contribution is 2.31. The van der Waals surface area contributed by atoms with Gasteiger partial charge in [-0.3, -0.25) is 14.3 Å². The highest BCUT2D eigenvalue weighted by Gasteiger charge is 2.20. The van der Waals surface area contributed by atoms with Crippen molar-refractivity contribution in [1.82, 2.24) is 24.8 Å². The van der Waals surface area contributed by atoms with Gasteiger partial charge in [-0.2, -0.15) is 4.98 Å². The molecule has 0 spiro atoms. The molecule has 0 radical (unpaired) electrons. The molecule has 4 aromatic rings. The zero-order valence-electron chi connectivity index (χ0n) is 19.2. The molecule has 3 aromatic heterocycles. The minimum atomic E-state index is -0.206. The molecule has 0 saturated carbocycles. The zero-order chi connectivity index (χ0) is 24.4. The van der Waals surface area contributed by atoms with Gasteiger partial charge in [-0.1, -0.05) is 29.8 Å². The van der Waals surface area contributed by atoms with Crippen molar-refractivity contribution in [2.24, 2.45) is 0 Å². The molecule has 1 aromatic carbocycles. The van der Waals surface area contributed by atoms with Gasteiger partial charge >= 0.3 is 0 Å². The van der Waals surface area contributed by atoms with Gasteiger partial charge in [0, 0.05) is 53.4 Å². The average Bonchev–Trinajstić information content (AvgIpc) is 2.90. The lowest BCUT2D eigenvalue weighted by molar-refractivity contribution is 0.0183. The zero-order valence-corrected chi connectivity index (χ0v) is 19.9. The minimum Gasteiger partial charge on any atom is -0.390 e. The normalized spacial score (nSPS) is 15.9. The van der Waals surface area contributed by atoms with Crippen LogP contribution in [-0.2, 0) is 17.9 Å². The van der Waals surface area contributed by atoms with E-state index < -0.39 is 0 Å². The highest BCUT2D eigenvalue weighted by molar-refractivity contribution is 6.33. The highest BCUT2D eigenvalue weighted by atomic mass is 35.5. The fraction of sp³-hybridized carbons (Fsp3) is 0.280. The number of aromatic nitrogens is 4. The number of aliphatic hydroxyl groups excluding tert-OH is 1. The van der Waals surface area contributed by atoms with Crippen LogP contribution in [0, 0.1) is 0 Å². The Labute approximate surface area is 206 Å². The van der Waals surface area contributed by atoms with Crippen LogP contribution in [0.5, 0.6) is 0 Å². The van der Waals surface area contributed by atoms with E-state index in [-0.39, 0.29) is 18.3 Å². The number of fused-ring (bicyclic) bond motifs is 1. The molecule has 10 heteroatoms. The first-order valence-corrected chi connectivity index (χ1v) is 11.7. The lowest BCUT2D eigenvalue weighted by Crippen LogP contribution is -2.42. The Morgan fingerprint density at radius 1 is 1.23 bits per heavy atom. The van der Waals surface area contributed by atoms with Crippen LogP contribution in [0.4, 0.5) is 5.95 Å². The minimum absolute atomic E-state index is 0.145. The van der Waals surface area contributed by atoms with Crippen LogP contribution in [0.3, 0.4) is 0 Å². The summed E-state index contributed by atoms with van der Waals surface area (Å²) < 4.78 is 7.50. The number of rotatable bonds is 6. The maximum absolute atomic E-state index is 13.8. The van der Waals surface area contributed by atoms with E-state index in [0.29, 0.717) is 58.8 Å². The predicted molar refractivity (Wildman–Crippen MR) is 136 cm³/mol. The van der Waals surface area contributed by atoms with Crippen LogP contribution in [0.25, 0.3) is 33.4 Å². The van der Waals surface area contributed by atoms with Gasteiger partial charge < -0.3 is 20.5 Å². The van der Waals surface area contributed by atoms with Gasteiger partial charge in [0.15, 0.2) is 0 Å². The monoisotopic (exact) mass is 492 g/mol. The summed E-state index contributed by atoms with van der Waals surface area (Å²) in [6.45, 7) is 2.23. The quantitative estimate of drug-likeness (QED) is 0.376. The van der Waals surface area contributed by atoms with Gasteiger partial charge in [0.25, 0.3) is 5.56 Å². The summed E-state index contributed by atoms with van der Waals surface area (Å²) in [5.41, 5.74) is 3.44. The van der Waals surface area contributed by atoms with Crippen LogP contribution < -0.4 is 16.2 Å². The molecule has 1 atom stereocenters. The smallest absolute Gasteiger partial charge is 0.260 e. The average molecular weight is 493 g/mol. The molecule has 0 aliphatic carbocycles. The van der Waals surface area contributed by atoms with Crippen LogP contribution >= 0.6 is 11.6 Å². The Morgan fingerprint density at radius 3 is 2.86 bits per heavy atom. The Kier molecular flexibility index (Phi) is 6.74. The molecule has 1 unspecified atom stereocenters. The molecule has 1 fully saturated rings. The lowest BCUT2D eigenvalue weighted by atomic mass is 10.0. The lowest BCUT2D eigenvalue weighted by Gasteiger charge is -2.25. The van der Waals surface area contributed by atoms with Gasteiger partial charge in [0.05, 0.1) is 37.3 Å². The second-order valence-corrected chi connectivity index (χ2v) is 8.67. The standard InChI is InChI=1S/C25H25ClN6O3/c1-27-25-29-11-16-9-20(24(34)32(23(16)31-25)13-18-12-28-7-8-35-18)19-6-5-15(10-21(19)26)22-4-2-3-17(14-33)30-22/h2-6,9-11,18,28,33H,7-8,12-14H2,1H3,(H,27,29,31). The summed E-state index contributed by atoms with van der Waals surface area (Å²) in [4.78, 5) is 27.1. The molecule has 9 nitrogen and oxygen atoms in total. The SMILES string of the molecule is CNc1ncc2cc(-c3ccc(-c4cccc(CO)n4)cc3Cl)c(=O)n(CC3CNCCO3)c2n1. The third kappa shape index (κ3) is 4.76. The summed E-state index contributed by atoms with van der Waals surface area (Å²) in [5.74, 6) is 0.432. The number of benzene rings is 1. The van der Waals surface area contributed by atoms with Crippen LogP contribution in [-0.4, -0.2) is 57.5 Å². The van der Waals surface area contributed by atoms with Crippen LogP contribution in [0.1, 0.15) is 5.69 Å². The van der Waals surface area contributed by atoms with Crippen molar-refractivity contribution in [3.63, 3.8) is 0 Å². The van der Waals surface area contributed by atoms with E-state index in [9.17, 15) is 9.90 Å². The molecular formula is C25H25ClN6O3. The van der Waals surface area contributed by atoms with Crippen molar-refractivity contribution in [2.75, 3.05) is 32.1 Å². The summed E-state index contributed by atoms with van der Waals surface area (Å²) in [7, 11) is 1.73. The molecule has 0 amide bonds. The van der Waals surface area contributed by atoms with E-state index in [1.165, 1.54) is 0 Å². The van der Waals surface area contributed by atoms with Gasteiger partial charge in [-0.25, -0.2) is 4.98 Å². The van der Waals surface area contributed by atoms with Crippen molar-refractivity contribution >= 4 is 28.6 Å². The fourth-order valence-electron chi connectivity index (χ4n) is 4.20. The van der Waals surface area contributed by atoms with Gasteiger partial charge in [-0.05, 0) is 24.3 Å². The Balaban J connectivity index is 1.62. The predicted octanol–water partition coefficient (Wildman–Crippen LogP) is 2.70. The Morgan fingerprint density at radius 2 is 2.11 bits per heavy atom. The van der Waals surface area contributed by atoms with E-state index in [2.05, 4.69) is 25.6 Å². The molecule has 1 saturated heterocycles. The van der Waals surface area contributed by atoms with Gasteiger partial charge in [-0.15, -0.1) is 0 Å². The summed E-state index contributed by atoms with van der Waals surface area (Å²) in [5, 5.41) is 16.8. The van der Waals surface area contributed by atoms with E-state index in [1.54, 1.807) is 36.0 Å². The number of nitrogens with zero attached hydrogens (tertiary/aromatic N) is 4. The number of halogens is 1. The summed E-state index contributed by atoms with van der Waals surface area (Å²) >= 11 is 6.70. The first kappa shape index (κ1) is 23.4. The first-order valence-electron chi connectivity index (χ1n) is 11.3. The van der Waals surface area contributed by atoms with E-state index in [4.69, 9.17) is 16.3 Å².